The molecule has 5 heteroatoms. The predicted molar refractivity (Wildman–Crippen MR) is 97.7 cm³/mol. The number of anilines is 1. The number of benzene rings is 2. The fourth-order valence-corrected chi connectivity index (χ4v) is 3.41. The van der Waals surface area contributed by atoms with Crippen LogP contribution in [0, 0.1) is 0 Å². The highest BCUT2D eigenvalue weighted by atomic mass is 79.9. The molecule has 0 radical (unpaired) electrons. The number of fused-ring (bicyclic) bond motifs is 1. The van der Waals surface area contributed by atoms with E-state index in [9.17, 15) is 5.11 Å². The summed E-state index contributed by atoms with van der Waals surface area (Å²) < 4.78 is 0.868. The van der Waals surface area contributed by atoms with Crippen LogP contribution in [0.25, 0.3) is 0 Å². The van der Waals surface area contributed by atoms with Crippen molar-refractivity contribution in [3.63, 3.8) is 0 Å². The van der Waals surface area contributed by atoms with Gasteiger partial charge in [-0.1, -0.05) is 40.2 Å². The summed E-state index contributed by atoms with van der Waals surface area (Å²) in [4.78, 5) is 4.24. The molecule has 4 nitrogen and oxygen atoms in total. The van der Waals surface area contributed by atoms with Gasteiger partial charge in [0, 0.05) is 10.2 Å². The lowest BCUT2D eigenvalue weighted by Crippen LogP contribution is -2.23. The van der Waals surface area contributed by atoms with E-state index in [-0.39, 0.29) is 6.54 Å². The van der Waals surface area contributed by atoms with Crippen molar-refractivity contribution in [3.8, 4) is 0 Å². The average Bonchev–Trinajstić information content (AvgIpc) is 3.01. The van der Waals surface area contributed by atoms with Crippen molar-refractivity contribution in [1.29, 1.82) is 0 Å². The van der Waals surface area contributed by atoms with Crippen molar-refractivity contribution in [3.05, 3.63) is 63.6 Å². The van der Waals surface area contributed by atoms with Crippen LogP contribution in [0.2, 0.25) is 0 Å². The molecular formula is C18H20BrN3O. The molecule has 120 valence electrons. The van der Waals surface area contributed by atoms with Gasteiger partial charge in [-0.25, -0.2) is 0 Å². The van der Waals surface area contributed by atoms with Gasteiger partial charge in [-0.05, 0) is 54.2 Å². The molecule has 0 amide bonds. The van der Waals surface area contributed by atoms with Crippen LogP contribution < -0.4 is 11.1 Å². The van der Waals surface area contributed by atoms with E-state index < -0.39 is 6.10 Å². The first-order valence-corrected chi connectivity index (χ1v) is 8.54. The highest BCUT2D eigenvalue weighted by molar-refractivity contribution is 9.10. The Kier molecular flexibility index (Phi) is 4.98. The third-order valence-corrected chi connectivity index (χ3v) is 4.79. The molecule has 0 saturated heterocycles. The molecule has 1 aliphatic rings. The number of aliphatic imine (C=N–C) groups is 1. The first kappa shape index (κ1) is 16.0. The Bertz CT molecular complexity index is 730. The van der Waals surface area contributed by atoms with E-state index in [1.165, 1.54) is 17.5 Å². The Morgan fingerprint density at radius 2 is 2.00 bits per heavy atom. The van der Waals surface area contributed by atoms with Gasteiger partial charge in [0.1, 0.15) is 0 Å². The van der Waals surface area contributed by atoms with Gasteiger partial charge < -0.3 is 16.2 Å². The van der Waals surface area contributed by atoms with Crippen LogP contribution in [0.1, 0.15) is 29.2 Å². The number of rotatable bonds is 4. The van der Waals surface area contributed by atoms with E-state index in [1.807, 2.05) is 30.3 Å². The highest BCUT2D eigenvalue weighted by Gasteiger charge is 2.12. The van der Waals surface area contributed by atoms with Crippen molar-refractivity contribution >= 4 is 27.6 Å². The quantitative estimate of drug-likeness (QED) is 0.568. The second-order valence-electron chi connectivity index (χ2n) is 5.73. The zero-order valence-electron chi connectivity index (χ0n) is 12.8. The van der Waals surface area contributed by atoms with Gasteiger partial charge in [-0.15, -0.1) is 0 Å². The van der Waals surface area contributed by atoms with E-state index in [0.29, 0.717) is 5.96 Å². The molecule has 0 spiro atoms. The lowest BCUT2D eigenvalue weighted by molar-refractivity contribution is 0.186. The van der Waals surface area contributed by atoms with Gasteiger partial charge >= 0.3 is 0 Å². The number of guanidine groups is 1. The first-order valence-electron chi connectivity index (χ1n) is 7.75. The molecule has 2 aromatic carbocycles. The summed E-state index contributed by atoms with van der Waals surface area (Å²) in [6.45, 7) is 0.215. The second kappa shape index (κ2) is 7.15. The summed E-state index contributed by atoms with van der Waals surface area (Å²) in [5.74, 6) is 0.314. The van der Waals surface area contributed by atoms with E-state index in [4.69, 9.17) is 5.73 Å². The Balaban J connectivity index is 1.63. The fourth-order valence-electron chi connectivity index (χ4n) is 2.87. The normalized spacial score (nSPS) is 15.3. The summed E-state index contributed by atoms with van der Waals surface area (Å²) >= 11 is 3.43. The zero-order chi connectivity index (χ0) is 16.2. The van der Waals surface area contributed by atoms with Crippen LogP contribution >= 0.6 is 15.9 Å². The minimum Gasteiger partial charge on any atom is -0.386 e. The van der Waals surface area contributed by atoms with Crippen LogP contribution in [-0.2, 0) is 12.8 Å². The number of aliphatic hydroxyl groups is 1. The monoisotopic (exact) mass is 373 g/mol. The predicted octanol–water partition coefficient (Wildman–Crippen LogP) is 3.40. The molecule has 4 N–H and O–H groups in total. The van der Waals surface area contributed by atoms with Crippen LogP contribution in [0.5, 0.6) is 0 Å². The number of aliphatic hydroxyl groups excluding tert-OH is 1. The summed E-state index contributed by atoms with van der Waals surface area (Å²) in [5, 5.41) is 13.3. The molecule has 0 heterocycles. The molecule has 0 aromatic heterocycles. The Morgan fingerprint density at radius 1 is 1.22 bits per heavy atom. The molecule has 23 heavy (non-hydrogen) atoms. The van der Waals surface area contributed by atoms with Gasteiger partial charge in [0.2, 0.25) is 0 Å². The Hall–Kier alpha value is -1.85. The second-order valence-corrected chi connectivity index (χ2v) is 6.58. The standard InChI is InChI=1S/C18H20BrN3O/c19-16-7-2-1-6-15(16)17(23)11-21-18(20)22-14-9-8-12-4-3-5-13(12)10-14/h1-2,6-10,17,23H,3-5,11H2,(H3,20,21,22). The third kappa shape index (κ3) is 3.92. The number of halogens is 1. The maximum atomic E-state index is 10.2. The van der Waals surface area contributed by atoms with Gasteiger partial charge in [0.15, 0.2) is 5.96 Å². The van der Waals surface area contributed by atoms with Crippen LogP contribution in [0.4, 0.5) is 5.69 Å². The average molecular weight is 374 g/mol. The zero-order valence-corrected chi connectivity index (χ0v) is 14.4. The van der Waals surface area contributed by atoms with Gasteiger partial charge in [0.05, 0.1) is 12.6 Å². The number of aryl methyl sites for hydroxylation is 2. The van der Waals surface area contributed by atoms with Crippen molar-refractivity contribution in [2.75, 3.05) is 11.9 Å². The lowest BCUT2D eigenvalue weighted by atomic mass is 10.1. The van der Waals surface area contributed by atoms with Crippen molar-refractivity contribution in [2.24, 2.45) is 10.7 Å². The Morgan fingerprint density at radius 3 is 2.83 bits per heavy atom. The molecule has 1 aliphatic carbocycles. The van der Waals surface area contributed by atoms with Crippen LogP contribution in [0.3, 0.4) is 0 Å². The molecule has 1 atom stereocenters. The molecular weight excluding hydrogens is 354 g/mol. The highest BCUT2D eigenvalue weighted by Crippen LogP contribution is 2.25. The molecule has 2 aromatic rings. The van der Waals surface area contributed by atoms with E-state index in [1.54, 1.807) is 0 Å². The van der Waals surface area contributed by atoms with E-state index in [2.05, 4.69) is 38.4 Å². The van der Waals surface area contributed by atoms with E-state index >= 15 is 0 Å². The summed E-state index contributed by atoms with van der Waals surface area (Å²) in [6, 6.07) is 13.9. The third-order valence-electron chi connectivity index (χ3n) is 4.07. The SMILES string of the molecule is NC(=NCC(O)c1ccccc1Br)Nc1ccc2c(c1)CCC2. The van der Waals surface area contributed by atoms with Gasteiger partial charge in [0.25, 0.3) is 0 Å². The molecule has 3 rings (SSSR count). The summed E-state index contributed by atoms with van der Waals surface area (Å²) in [7, 11) is 0. The number of nitrogens with zero attached hydrogens (tertiary/aromatic N) is 1. The molecule has 0 saturated carbocycles. The molecule has 0 fully saturated rings. The number of nitrogens with one attached hydrogen (secondary N) is 1. The molecule has 1 unspecified atom stereocenters. The maximum Gasteiger partial charge on any atom is 0.193 e. The number of nitrogens with two attached hydrogens (primary N) is 1. The van der Waals surface area contributed by atoms with Crippen molar-refractivity contribution in [2.45, 2.75) is 25.4 Å². The maximum absolute atomic E-state index is 10.2. The molecule has 0 aliphatic heterocycles. The fraction of sp³-hybridized carbons (Fsp3) is 0.278. The largest absolute Gasteiger partial charge is 0.386 e. The number of hydrogen-bond acceptors (Lipinski definition) is 2. The van der Waals surface area contributed by atoms with Crippen molar-refractivity contribution < 1.29 is 5.11 Å². The Labute approximate surface area is 144 Å². The van der Waals surface area contributed by atoms with Gasteiger partial charge in [-0.3, -0.25) is 4.99 Å². The lowest BCUT2D eigenvalue weighted by Gasteiger charge is -2.12. The van der Waals surface area contributed by atoms with Gasteiger partial charge in [-0.2, -0.15) is 0 Å². The topological polar surface area (TPSA) is 70.6 Å². The van der Waals surface area contributed by atoms with E-state index in [0.717, 1.165) is 28.6 Å². The minimum absolute atomic E-state index is 0.215. The van der Waals surface area contributed by atoms with Crippen LogP contribution in [-0.4, -0.2) is 17.6 Å². The summed E-state index contributed by atoms with van der Waals surface area (Å²) in [5.41, 5.74) is 10.5. The van der Waals surface area contributed by atoms with Crippen molar-refractivity contribution in [1.82, 2.24) is 0 Å². The first-order chi connectivity index (χ1) is 11.1. The summed E-state index contributed by atoms with van der Waals surface area (Å²) in [6.07, 6.45) is 2.83. The number of hydrogen-bond donors (Lipinski definition) is 3. The molecule has 0 bridgehead atoms. The smallest absolute Gasteiger partial charge is 0.193 e. The minimum atomic E-state index is -0.689. The van der Waals surface area contributed by atoms with Crippen LogP contribution in [0.15, 0.2) is 51.9 Å².